The van der Waals surface area contributed by atoms with Crippen LogP contribution in [-0.4, -0.2) is 62.0 Å². The van der Waals surface area contributed by atoms with Crippen LogP contribution in [0.3, 0.4) is 0 Å². The summed E-state index contributed by atoms with van der Waals surface area (Å²) in [5.41, 5.74) is 0.703. The summed E-state index contributed by atoms with van der Waals surface area (Å²) in [6, 6.07) is 2.77. The topological polar surface area (TPSA) is 88.6 Å². The van der Waals surface area contributed by atoms with Gasteiger partial charge >= 0.3 is 0 Å². The predicted molar refractivity (Wildman–Crippen MR) is 83.7 cm³/mol. The van der Waals surface area contributed by atoms with E-state index in [1.807, 2.05) is 0 Å². The molecule has 7 nitrogen and oxygen atoms in total. The molecule has 0 aliphatic carbocycles. The Morgan fingerprint density at radius 3 is 2.73 bits per heavy atom. The molecule has 1 N–H and O–H groups in total. The van der Waals surface area contributed by atoms with E-state index in [0.29, 0.717) is 18.0 Å². The summed E-state index contributed by atoms with van der Waals surface area (Å²) in [5.74, 6) is 0.557. The van der Waals surface area contributed by atoms with Gasteiger partial charge in [0.25, 0.3) is 0 Å². The van der Waals surface area contributed by atoms with Gasteiger partial charge in [-0.2, -0.15) is 0 Å². The minimum absolute atomic E-state index is 0.0477. The van der Waals surface area contributed by atoms with Crippen molar-refractivity contribution in [3.05, 3.63) is 18.3 Å². The van der Waals surface area contributed by atoms with E-state index in [1.165, 1.54) is 12.0 Å². The molecule has 8 heteroatoms. The quantitative estimate of drug-likeness (QED) is 0.849. The minimum atomic E-state index is -3.00. The molecule has 2 unspecified atom stereocenters. The van der Waals surface area contributed by atoms with Crippen molar-refractivity contribution in [2.75, 3.05) is 31.0 Å². The van der Waals surface area contributed by atoms with E-state index >= 15 is 0 Å². The van der Waals surface area contributed by atoms with Crippen LogP contribution in [-0.2, 0) is 14.6 Å². The Bertz CT molecular complexity index is 630. The number of nitrogens with one attached hydrogen (secondary N) is 1. The van der Waals surface area contributed by atoms with Crippen molar-refractivity contribution in [1.82, 2.24) is 9.88 Å². The lowest BCUT2D eigenvalue weighted by molar-refractivity contribution is -0.132. The summed E-state index contributed by atoms with van der Waals surface area (Å²) < 4.78 is 28.0. The van der Waals surface area contributed by atoms with Gasteiger partial charge in [-0.15, -0.1) is 0 Å². The number of pyridine rings is 1. The van der Waals surface area contributed by atoms with Crippen LogP contribution in [0.1, 0.15) is 13.3 Å². The van der Waals surface area contributed by atoms with Crippen molar-refractivity contribution in [3.8, 4) is 5.88 Å². The zero-order valence-corrected chi connectivity index (χ0v) is 13.8. The highest BCUT2D eigenvalue weighted by atomic mass is 32.2. The van der Waals surface area contributed by atoms with Gasteiger partial charge in [0.2, 0.25) is 11.8 Å². The highest BCUT2D eigenvalue weighted by Crippen LogP contribution is 2.18. The molecule has 0 bridgehead atoms. The van der Waals surface area contributed by atoms with E-state index in [1.54, 1.807) is 32.3 Å². The average molecular weight is 327 g/mol. The molecular formula is C14H21N3O4S. The Hall–Kier alpha value is -1.83. The second-order valence-electron chi connectivity index (χ2n) is 5.46. The number of amides is 1. The number of rotatable bonds is 5. The standard InChI is InChI=1S/C14H21N3O4S/c1-10(16-11-4-5-13(21-3)15-8-11)14(18)17(2)12-6-7-22(19,20)9-12/h4-5,8,10,12,16H,6-7,9H2,1-3H3. The number of carbonyl (C=O) groups is 1. The number of nitrogens with zero attached hydrogens (tertiary/aromatic N) is 2. The van der Waals surface area contributed by atoms with Crippen molar-refractivity contribution in [3.63, 3.8) is 0 Å². The molecule has 2 rings (SSSR count). The number of methoxy groups -OCH3 is 1. The van der Waals surface area contributed by atoms with Crippen LogP contribution in [0.2, 0.25) is 0 Å². The third kappa shape index (κ3) is 3.88. The van der Waals surface area contributed by atoms with E-state index in [4.69, 9.17) is 4.74 Å². The smallest absolute Gasteiger partial charge is 0.244 e. The highest BCUT2D eigenvalue weighted by Gasteiger charge is 2.34. The van der Waals surface area contributed by atoms with E-state index in [0.717, 1.165) is 0 Å². The fraction of sp³-hybridized carbons (Fsp3) is 0.571. The van der Waals surface area contributed by atoms with Crippen LogP contribution in [0.4, 0.5) is 5.69 Å². The van der Waals surface area contributed by atoms with Crippen molar-refractivity contribution < 1.29 is 17.9 Å². The van der Waals surface area contributed by atoms with Crippen LogP contribution in [0.15, 0.2) is 18.3 Å². The summed E-state index contributed by atoms with van der Waals surface area (Å²) in [7, 11) is 0.181. The van der Waals surface area contributed by atoms with Crippen molar-refractivity contribution >= 4 is 21.4 Å². The molecule has 1 aliphatic rings. The van der Waals surface area contributed by atoms with Crippen LogP contribution in [0.25, 0.3) is 0 Å². The normalized spacial score (nSPS) is 21.1. The van der Waals surface area contributed by atoms with Crippen LogP contribution in [0, 0.1) is 0 Å². The molecule has 1 aromatic rings. The van der Waals surface area contributed by atoms with E-state index in [2.05, 4.69) is 10.3 Å². The maximum absolute atomic E-state index is 12.4. The molecule has 1 saturated heterocycles. The van der Waals surface area contributed by atoms with Crippen LogP contribution in [0.5, 0.6) is 5.88 Å². The maximum atomic E-state index is 12.4. The Morgan fingerprint density at radius 2 is 2.23 bits per heavy atom. The van der Waals surface area contributed by atoms with Gasteiger partial charge in [-0.3, -0.25) is 4.79 Å². The highest BCUT2D eigenvalue weighted by molar-refractivity contribution is 7.91. The summed E-state index contributed by atoms with van der Waals surface area (Å²) in [4.78, 5) is 18.0. The summed E-state index contributed by atoms with van der Waals surface area (Å²) in [5, 5.41) is 3.06. The first-order chi connectivity index (χ1) is 10.3. The van der Waals surface area contributed by atoms with Gasteiger partial charge in [-0.1, -0.05) is 0 Å². The Morgan fingerprint density at radius 1 is 1.50 bits per heavy atom. The fourth-order valence-corrected chi connectivity index (χ4v) is 4.24. The number of ether oxygens (including phenoxy) is 1. The molecule has 0 radical (unpaired) electrons. The van der Waals surface area contributed by atoms with Gasteiger partial charge in [0.05, 0.1) is 30.5 Å². The van der Waals surface area contributed by atoms with Gasteiger partial charge in [-0.25, -0.2) is 13.4 Å². The van der Waals surface area contributed by atoms with Gasteiger partial charge in [0.1, 0.15) is 6.04 Å². The summed E-state index contributed by atoms with van der Waals surface area (Å²) in [6.45, 7) is 1.74. The number of carbonyl (C=O) groups excluding carboxylic acids is 1. The Kier molecular flexibility index (Phi) is 4.90. The molecule has 0 saturated carbocycles. The SMILES string of the molecule is COc1ccc(NC(C)C(=O)N(C)C2CCS(=O)(=O)C2)cn1. The molecule has 2 atom stereocenters. The van der Waals surface area contributed by atoms with E-state index < -0.39 is 15.9 Å². The van der Waals surface area contributed by atoms with Crippen LogP contribution < -0.4 is 10.1 Å². The van der Waals surface area contributed by atoms with Crippen molar-refractivity contribution in [1.29, 1.82) is 0 Å². The molecule has 2 heterocycles. The lowest BCUT2D eigenvalue weighted by atomic mass is 10.2. The van der Waals surface area contributed by atoms with Gasteiger partial charge in [-0.05, 0) is 19.4 Å². The predicted octanol–water partition coefficient (Wildman–Crippen LogP) is 0.536. The molecule has 1 aromatic heterocycles. The summed E-state index contributed by atoms with van der Waals surface area (Å²) in [6.07, 6.45) is 2.09. The van der Waals surface area contributed by atoms with Gasteiger partial charge in [0.15, 0.2) is 9.84 Å². The zero-order valence-electron chi connectivity index (χ0n) is 12.9. The minimum Gasteiger partial charge on any atom is -0.481 e. The van der Waals surface area contributed by atoms with Crippen molar-refractivity contribution in [2.24, 2.45) is 0 Å². The van der Waals surface area contributed by atoms with Crippen LogP contribution >= 0.6 is 0 Å². The number of hydrogen-bond donors (Lipinski definition) is 1. The van der Waals surface area contributed by atoms with Gasteiger partial charge in [0, 0.05) is 19.2 Å². The lowest BCUT2D eigenvalue weighted by Gasteiger charge is -2.27. The zero-order chi connectivity index (χ0) is 16.3. The number of hydrogen-bond acceptors (Lipinski definition) is 6. The van der Waals surface area contributed by atoms with Crippen molar-refractivity contribution in [2.45, 2.75) is 25.4 Å². The molecule has 1 aliphatic heterocycles. The second kappa shape index (κ2) is 6.51. The first kappa shape index (κ1) is 16.5. The number of aromatic nitrogens is 1. The lowest BCUT2D eigenvalue weighted by Crippen LogP contribution is -2.45. The number of sulfone groups is 1. The number of likely N-dealkylation sites (N-methyl/N-ethyl adjacent to an activating group) is 1. The molecule has 1 fully saturated rings. The monoisotopic (exact) mass is 327 g/mol. The third-order valence-electron chi connectivity index (χ3n) is 3.80. The average Bonchev–Trinajstić information content (AvgIpc) is 2.86. The molecule has 22 heavy (non-hydrogen) atoms. The van der Waals surface area contributed by atoms with Gasteiger partial charge < -0.3 is 15.0 Å². The summed E-state index contributed by atoms with van der Waals surface area (Å²) >= 11 is 0. The molecule has 0 aromatic carbocycles. The number of anilines is 1. The third-order valence-corrected chi connectivity index (χ3v) is 5.55. The molecule has 1 amide bonds. The second-order valence-corrected chi connectivity index (χ2v) is 7.69. The maximum Gasteiger partial charge on any atom is 0.244 e. The Balaban J connectivity index is 1.96. The fourth-order valence-electron chi connectivity index (χ4n) is 2.46. The Labute approximate surface area is 130 Å². The van der Waals surface area contributed by atoms with E-state index in [-0.39, 0.29) is 23.5 Å². The largest absolute Gasteiger partial charge is 0.481 e. The van der Waals surface area contributed by atoms with E-state index in [9.17, 15) is 13.2 Å². The first-order valence-corrected chi connectivity index (χ1v) is 8.88. The molecule has 122 valence electrons. The molecular weight excluding hydrogens is 306 g/mol. The molecule has 0 spiro atoms. The first-order valence-electron chi connectivity index (χ1n) is 7.06.